The fraction of sp³-hybridized carbons (Fsp3) is 0.520. The number of likely N-dealkylation sites (tertiary alicyclic amines) is 1. The molecule has 4 rings (SSSR count). The van der Waals surface area contributed by atoms with Gasteiger partial charge in [-0.3, -0.25) is 4.79 Å². The van der Waals surface area contributed by atoms with Crippen molar-refractivity contribution in [1.82, 2.24) is 15.2 Å². The summed E-state index contributed by atoms with van der Waals surface area (Å²) in [5, 5.41) is 3.47. The third-order valence-electron chi connectivity index (χ3n) is 6.75. The first-order valence-corrected chi connectivity index (χ1v) is 11.6. The van der Waals surface area contributed by atoms with Crippen LogP contribution in [0.3, 0.4) is 0 Å². The van der Waals surface area contributed by atoms with Crippen LogP contribution in [0.5, 0.6) is 5.88 Å². The van der Waals surface area contributed by atoms with E-state index < -0.39 is 11.9 Å². The van der Waals surface area contributed by atoms with Gasteiger partial charge in [0, 0.05) is 30.6 Å². The second kappa shape index (κ2) is 10.1. The fourth-order valence-corrected chi connectivity index (χ4v) is 5.08. The number of nitrogens with zero attached hydrogens (tertiary/aromatic N) is 2. The van der Waals surface area contributed by atoms with Gasteiger partial charge in [-0.1, -0.05) is 55.7 Å². The maximum Gasteiger partial charge on any atom is 0.433 e. The Hall–Kier alpha value is -2.61. The van der Waals surface area contributed by atoms with Gasteiger partial charge in [0.25, 0.3) is 0 Å². The van der Waals surface area contributed by atoms with Crippen LogP contribution in [0.25, 0.3) is 0 Å². The molecular formula is C25H30F3N3O2. The molecule has 1 aromatic heterocycles. The number of benzene rings is 1. The maximum atomic E-state index is 13.4. The zero-order valence-electron chi connectivity index (χ0n) is 18.8. The summed E-state index contributed by atoms with van der Waals surface area (Å²) in [6, 6.07) is 12.2. The molecule has 5 nitrogen and oxygen atoms in total. The lowest BCUT2D eigenvalue weighted by molar-refractivity contribution is -0.141. The second-order valence-electron chi connectivity index (χ2n) is 8.86. The van der Waals surface area contributed by atoms with Gasteiger partial charge in [-0.05, 0) is 30.9 Å². The molecule has 2 unspecified atom stereocenters. The summed E-state index contributed by atoms with van der Waals surface area (Å²) in [6.45, 7) is 0.961. The summed E-state index contributed by atoms with van der Waals surface area (Å²) in [5.41, 5.74) is 0.638. The van der Waals surface area contributed by atoms with E-state index in [1.54, 1.807) is 0 Å². The minimum absolute atomic E-state index is 0.0214. The van der Waals surface area contributed by atoms with Crippen LogP contribution >= 0.6 is 0 Å². The third kappa shape index (κ3) is 5.32. The Kier molecular flexibility index (Phi) is 7.22. The summed E-state index contributed by atoms with van der Waals surface area (Å²) in [4.78, 5) is 19.0. The molecule has 1 aromatic carbocycles. The van der Waals surface area contributed by atoms with E-state index in [9.17, 15) is 18.0 Å². The molecule has 33 heavy (non-hydrogen) atoms. The molecule has 1 aliphatic carbocycles. The number of hydrogen-bond acceptors (Lipinski definition) is 4. The van der Waals surface area contributed by atoms with Crippen molar-refractivity contribution in [2.24, 2.45) is 5.92 Å². The van der Waals surface area contributed by atoms with Crippen LogP contribution in [0.4, 0.5) is 13.2 Å². The first-order valence-electron chi connectivity index (χ1n) is 11.6. The Bertz CT molecular complexity index is 946. The number of halogens is 3. The van der Waals surface area contributed by atoms with E-state index >= 15 is 0 Å². The number of aromatic nitrogens is 1. The van der Waals surface area contributed by atoms with Crippen molar-refractivity contribution in [2.75, 3.05) is 13.7 Å². The predicted molar refractivity (Wildman–Crippen MR) is 119 cm³/mol. The molecule has 2 heterocycles. The fourth-order valence-electron chi connectivity index (χ4n) is 5.08. The average Bonchev–Trinajstić information content (AvgIpc) is 3.26. The first kappa shape index (κ1) is 23.5. The molecule has 1 N–H and O–H groups in total. The third-order valence-corrected chi connectivity index (χ3v) is 6.75. The van der Waals surface area contributed by atoms with E-state index in [1.165, 1.54) is 19.6 Å². The Labute approximate surface area is 192 Å². The highest BCUT2D eigenvalue weighted by Crippen LogP contribution is 2.37. The van der Waals surface area contributed by atoms with Crippen LogP contribution < -0.4 is 10.1 Å². The second-order valence-corrected chi connectivity index (χ2v) is 8.86. The van der Waals surface area contributed by atoms with Gasteiger partial charge in [-0.2, -0.15) is 13.2 Å². The van der Waals surface area contributed by atoms with Crippen LogP contribution in [0, 0.1) is 5.92 Å². The summed E-state index contributed by atoms with van der Waals surface area (Å²) >= 11 is 0. The Balaban J connectivity index is 1.52. The molecule has 8 heteroatoms. The van der Waals surface area contributed by atoms with Crippen LogP contribution in [0.15, 0.2) is 42.5 Å². The summed E-state index contributed by atoms with van der Waals surface area (Å²) < 4.78 is 44.2. The van der Waals surface area contributed by atoms with E-state index in [2.05, 4.69) is 10.3 Å². The quantitative estimate of drug-likeness (QED) is 0.649. The summed E-state index contributed by atoms with van der Waals surface area (Å²) in [6.07, 6.45) is 1.54. The number of amides is 1. The lowest BCUT2D eigenvalue weighted by Gasteiger charge is -2.33. The van der Waals surface area contributed by atoms with Gasteiger partial charge in [0.05, 0.1) is 13.2 Å². The van der Waals surface area contributed by atoms with Gasteiger partial charge < -0.3 is 15.0 Å². The number of carbonyl (C=O) groups excluding carboxylic acids is 1. The van der Waals surface area contributed by atoms with Crippen LogP contribution in [0.1, 0.15) is 61.4 Å². The number of pyridine rings is 1. The number of carbonyl (C=O) groups is 1. The molecular weight excluding hydrogens is 431 g/mol. The van der Waals surface area contributed by atoms with Crippen molar-refractivity contribution in [3.8, 4) is 5.88 Å². The zero-order chi connectivity index (χ0) is 23.4. The number of nitrogens with one attached hydrogen (secondary N) is 1. The molecule has 2 aliphatic rings. The molecule has 0 spiro atoms. The molecule has 1 saturated heterocycles. The molecule has 0 radical (unpaired) electrons. The Morgan fingerprint density at radius 1 is 1.09 bits per heavy atom. The summed E-state index contributed by atoms with van der Waals surface area (Å²) in [5.74, 6) is 0.270. The van der Waals surface area contributed by atoms with E-state index in [-0.39, 0.29) is 29.8 Å². The number of hydrogen-bond donors (Lipinski definition) is 1. The SMILES string of the molecule is COc1nc(C(F)(F)F)ccc1CNC1CCN(C(=O)C2CCCCC2)C1c1ccccc1. The smallest absolute Gasteiger partial charge is 0.433 e. The number of methoxy groups -OCH3 is 1. The van der Waals surface area contributed by atoms with Crippen LogP contribution in [0.2, 0.25) is 0 Å². The maximum absolute atomic E-state index is 13.4. The average molecular weight is 462 g/mol. The van der Waals surface area contributed by atoms with Gasteiger partial charge in [0.1, 0.15) is 5.69 Å². The normalized spacial score (nSPS) is 21.9. The van der Waals surface area contributed by atoms with Gasteiger partial charge in [-0.25, -0.2) is 4.98 Å². The van der Waals surface area contributed by atoms with Crippen LogP contribution in [-0.4, -0.2) is 35.5 Å². The molecule has 2 atom stereocenters. The minimum atomic E-state index is -4.52. The zero-order valence-corrected chi connectivity index (χ0v) is 18.8. The highest BCUT2D eigenvalue weighted by molar-refractivity contribution is 5.80. The van der Waals surface area contributed by atoms with Crippen molar-refractivity contribution >= 4 is 5.91 Å². The summed E-state index contributed by atoms with van der Waals surface area (Å²) in [7, 11) is 1.32. The number of rotatable bonds is 6. The standard InChI is InChI=1S/C25H30F3N3O2/c1-33-23-19(12-13-21(30-23)25(26,27)28)16-29-20-14-15-31(22(20)17-8-4-2-5-9-17)24(32)18-10-6-3-7-11-18/h2,4-5,8-9,12-13,18,20,22,29H,3,6-7,10-11,14-16H2,1H3. The van der Waals surface area contributed by atoms with E-state index in [1.807, 2.05) is 35.2 Å². The molecule has 178 valence electrons. The van der Waals surface area contributed by atoms with E-state index in [0.717, 1.165) is 43.7 Å². The Morgan fingerprint density at radius 3 is 2.48 bits per heavy atom. The molecule has 1 aliphatic heterocycles. The van der Waals surface area contributed by atoms with Crippen LogP contribution in [-0.2, 0) is 17.5 Å². The van der Waals surface area contributed by atoms with Crippen molar-refractivity contribution in [2.45, 2.75) is 63.3 Å². The number of alkyl halides is 3. The van der Waals surface area contributed by atoms with E-state index in [4.69, 9.17) is 4.74 Å². The van der Waals surface area contributed by atoms with Crippen molar-refractivity contribution < 1.29 is 22.7 Å². The van der Waals surface area contributed by atoms with Gasteiger partial charge >= 0.3 is 6.18 Å². The van der Waals surface area contributed by atoms with Gasteiger partial charge in [-0.15, -0.1) is 0 Å². The molecule has 0 bridgehead atoms. The van der Waals surface area contributed by atoms with Crippen molar-refractivity contribution in [1.29, 1.82) is 0 Å². The van der Waals surface area contributed by atoms with E-state index in [0.29, 0.717) is 18.7 Å². The molecule has 1 saturated carbocycles. The van der Waals surface area contributed by atoms with Gasteiger partial charge in [0.15, 0.2) is 0 Å². The molecule has 2 aromatic rings. The van der Waals surface area contributed by atoms with Crippen molar-refractivity contribution in [3.63, 3.8) is 0 Å². The number of ether oxygens (including phenoxy) is 1. The molecule has 2 fully saturated rings. The predicted octanol–water partition coefficient (Wildman–Crippen LogP) is 5.12. The van der Waals surface area contributed by atoms with Crippen molar-refractivity contribution in [3.05, 3.63) is 59.3 Å². The Morgan fingerprint density at radius 2 is 1.82 bits per heavy atom. The highest BCUT2D eigenvalue weighted by atomic mass is 19.4. The van der Waals surface area contributed by atoms with Gasteiger partial charge in [0.2, 0.25) is 11.8 Å². The topological polar surface area (TPSA) is 54.5 Å². The monoisotopic (exact) mass is 461 g/mol. The first-order chi connectivity index (χ1) is 15.9. The molecule has 1 amide bonds. The lowest BCUT2D eigenvalue weighted by Crippen LogP contribution is -2.41. The lowest BCUT2D eigenvalue weighted by atomic mass is 9.87. The largest absolute Gasteiger partial charge is 0.481 e. The minimum Gasteiger partial charge on any atom is -0.481 e. The highest BCUT2D eigenvalue weighted by Gasteiger charge is 2.40.